The van der Waals surface area contributed by atoms with E-state index in [4.69, 9.17) is 4.74 Å². The number of rotatable bonds is 7. The molecule has 136 valence electrons. The summed E-state index contributed by atoms with van der Waals surface area (Å²) >= 11 is 0. The van der Waals surface area contributed by atoms with E-state index in [1.807, 2.05) is 29.2 Å². The number of benzene rings is 2. The topological polar surface area (TPSA) is 32.8 Å². The number of amides is 1. The summed E-state index contributed by atoms with van der Waals surface area (Å²) in [5, 5.41) is 0. The van der Waals surface area contributed by atoms with Crippen molar-refractivity contribution in [2.75, 3.05) is 19.8 Å². The third kappa shape index (κ3) is 3.97. The fourth-order valence-corrected chi connectivity index (χ4v) is 3.91. The van der Waals surface area contributed by atoms with Crippen molar-refractivity contribution in [2.45, 2.75) is 38.0 Å². The fourth-order valence-electron chi connectivity index (χ4n) is 3.91. The van der Waals surface area contributed by atoms with Crippen LogP contribution in [0.15, 0.2) is 60.7 Å². The minimum atomic E-state index is 0.200. The highest BCUT2D eigenvalue weighted by molar-refractivity contribution is 5.83. The Morgan fingerprint density at radius 1 is 1.04 bits per heavy atom. The van der Waals surface area contributed by atoms with Crippen LogP contribution in [0.1, 0.15) is 36.4 Å². The zero-order valence-electron chi connectivity index (χ0n) is 15.1. The molecule has 0 saturated carbocycles. The van der Waals surface area contributed by atoms with Crippen molar-refractivity contribution in [2.24, 2.45) is 0 Å². The van der Waals surface area contributed by atoms with Gasteiger partial charge in [-0.25, -0.2) is 0 Å². The molecule has 0 aromatic heterocycles. The molecule has 2 fully saturated rings. The van der Waals surface area contributed by atoms with E-state index in [9.17, 15) is 4.79 Å². The Labute approximate surface area is 155 Å². The largest absolute Gasteiger partial charge is 0.377 e. The summed E-state index contributed by atoms with van der Waals surface area (Å²) in [7, 11) is 0. The summed E-state index contributed by atoms with van der Waals surface area (Å²) in [5.41, 5.74) is 2.50. The SMILES string of the molecule is O=C1C[C@H](c2ccccc2)N1CN(Cc1ccccc1)C[C@H]1CCCO1. The lowest BCUT2D eigenvalue weighted by Gasteiger charge is -2.44. The highest BCUT2D eigenvalue weighted by Crippen LogP contribution is 2.34. The first-order valence-electron chi connectivity index (χ1n) is 9.52. The molecule has 2 aliphatic rings. The Balaban J connectivity index is 1.46. The third-order valence-electron chi connectivity index (χ3n) is 5.34. The average molecular weight is 350 g/mol. The van der Waals surface area contributed by atoms with E-state index >= 15 is 0 Å². The van der Waals surface area contributed by atoms with Gasteiger partial charge in [-0.1, -0.05) is 60.7 Å². The number of hydrogen-bond donors (Lipinski definition) is 0. The van der Waals surface area contributed by atoms with Gasteiger partial charge in [0.25, 0.3) is 0 Å². The van der Waals surface area contributed by atoms with Crippen molar-refractivity contribution in [1.82, 2.24) is 9.80 Å². The van der Waals surface area contributed by atoms with Crippen LogP contribution < -0.4 is 0 Å². The van der Waals surface area contributed by atoms with E-state index in [-0.39, 0.29) is 18.1 Å². The molecule has 2 atom stereocenters. The Morgan fingerprint density at radius 3 is 2.42 bits per heavy atom. The van der Waals surface area contributed by atoms with Gasteiger partial charge in [0, 0.05) is 19.7 Å². The molecule has 0 N–H and O–H groups in total. The predicted octanol–water partition coefficient (Wildman–Crippen LogP) is 3.60. The number of carbonyl (C=O) groups excluding carboxylic acids is 1. The Kier molecular flexibility index (Phi) is 5.32. The second-order valence-electron chi connectivity index (χ2n) is 7.27. The Morgan fingerprint density at radius 2 is 1.77 bits per heavy atom. The first kappa shape index (κ1) is 17.3. The van der Waals surface area contributed by atoms with Gasteiger partial charge >= 0.3 is 0 Å². The van der Waals surface area contributed by atoms with Crippen molar-refractivity contribution in [3.8, 4) is 0 Å². The van der Waals surface area contributed by atoms with Crippen LogP contribution in [0.25, 0.3) is 0 Å². The number of hydrogen-bond acceptors (Lipinski definition) is 3. The first-order valence-corrected chi connectivity index (χ1v) is 9.52. The van der Waals surface area contributed by atoms with Gasteiger partial charge in [-0.2, -0.15) is 0 Å². The highest BCUT2D eigenvalue weighted by Gasteiger charge is 2.38. The molecule has 4 rings (SSSR count). The number of likely N-dealkylation sites (tertiary alicyclic amines) is 1. The van der Waals surface area contributed by atoms with E-state index in [2.05, 4.69) is 41.3 Å². The number of nitrogens with zero attached hydrogens (tertiary/aromatic N) is 2. The predicted molar refractivity (Wildman–Crippen MR) is 101 cm³/mol. The van der Waals surface area contributed by atoms with Gasteiger partial charge in [-0.15, -0.1) is 0 Å². The quantitative estimate of drug-likeness (QED) is 0.715. The van der Waals surface area contributed by atoms with Gasteiger partial charge in [0.2, 0.25) is 5.91 Å². The zero-order chi connectivity index (χ0) is 17.8. The van der Waals surface area contributed by atoms with E-state index < -0.39 is 0 Å². The number of carbonyl (C=O) groups is 1. The molecular formula is C22H26N2O2. The van der Waals surface area contributed by atoms with Crippen molar-refractivity contribution < 1.29 is 9.53 Å². The molecule has 2 saturated heterocycles. The second-order valence-corrected chi connectivity index (χ2v) is 7.27. The van der Waals surface area contributed by atoms with Crippen LogP contribution in [-0.4, -0.2) is 41.6 Å². The average Bonchev–Trinajstić information content (AvgIpc) is 3.18. The number of β-lactam (4-membered cyclic amide) rings is 1. The highest BCUT2D eigenvalue weighted by atomic mass is 16.5. The summed E-state index contributed by atoms with van der Waals surface area (Å²) in [6, 6.07) is 21.0. The van der Waals surface area contributed by atoms with Crippen LogP contribution in [-0.2, 0) is 16.1 Å². The molecule has 0 radical (unpaired) electrons. The second kappa shape index (κ2) is 8.02. The van der Waals surface area contributed by atoms with Gasteiger partial charge in [0.05, 0.1) is 25.2 Å². The van der Waals surface area contributed by atoms with Crippen molar-refractivity contribution in [1.29, 1.82) is 0 Å². The van der Waals surface area contributed by atoms with E-state index in [1.165, 1.54) is 11.1 Å². The monoisotopic (exact) mass is 350 g/mol. The van der Waals surface area contributed by atoms with Crippen LogP contribution in [0.3, 0.4) is 0 Å². The lowest BCUT2D eigenvalue weighted by molar-refractivity contribution is -0.151. The molecule has 2 aromatic rings. The zero-order valence-corrected chi connectivity index (χ0v) is 15.1. The third-order valence-corrected chi connectivity index (χ3v) is 5.34. The summed E-state index contributed by atoms with van der Waals surface area (Å²) < 4.78 is 5.85. The fraction of sp³-hybridized carbons (Fsp3) is 0.409. The minimum Gasteiger partial charge on any atom is -0.377 e. The molecular weight excluding hydrogens is 324 g/mol. The van der Waals surface area contributed by atoms with Crippen molar-refractivity contribution in [3.63, 3.8) is 0 Å². The molecule has 0 spiro atoms. The van der Waals surface area contributed by atoms with Crippen LogP contribution >= 0.6 is 0 Å². The maximum Gasteiger partial charge on any atom is 0.226 e. The Bertz CT molecular complexity index is 713. The maximum absolute atomic E-state index is 12.3. The van der Waals surface area contributed by atoms with E-state index in [1.54, 1.807) is 0 Å². The smallest absolute Gasteiger partial charge is 0.226 e. The normalized spacial score (nSPS) is 22.7. The van der Waals surface area contributed by atoms with Crippen molar-refractivity contribution in [3.05, 3.63) is 71.8 Å². The van der Waals surface area contributed by atoms with E-state index in [0.29, 0.717) is 13.1 Å². The van der Waals surface area contributed by atoms with Gasteiger partial charge in [0.1, 0.15) is 0 Å². The van der Waals surface area contributed by atoms with Crippen LogP contribution in [0.5, 0.6) is 0 Å². The lowest BCUT2D eigenvalue weighted by atomic mass is 9.94. The van der Waals surface area contributed by atoms with Crippen LogP contribution in [0.2, 0.25) is 0 Å². The number of ether oxygens (including phenoxy) is 1. The lowest BCUT2D eigenvalue weighted by Crippen LogP contribution is -2.52. The summed E-state index contributed by atoms with van der Waals surface area (Å²) in [5.74, 6) is 0.240. The maximum atomic E-state index is 12.3. The van der Waals surface area contributed by atoms with Gasteiger partial charge in [-0.3, -0.25) is 9.69 Å². The molecule has 2 heterocycles. The van der Waals surface area contributed by atoms with Crippen LogP contribution in [0, 0.1) is 0 Å². The molecule has 2 aliphatic heterocycles. The van der Waals surface area contributed by atoms with Crippen LogP contribution in [0.4, 0.5) is 0 Å². The first-order chi connectivity index (χ1) is 12.8. The molecule has 1 amide bonds. The minimum absolute atomic E-state index is 0.200. The summed E-state index contributed by atoms with van der Waals surface area (Å²) in [6.07, 6.45) is 3.15. The molecule has 2 aromatic carbocycles. The standard InChI is InChI=1S/C22H26N2O2/c25-22-14-21(19-10-5-2-6-11-19)24(22)17-23(16-20-12-7-13-26-20)15-18-8-3-1-4-9-18/h1-6,8-11,20-21H,7,12-17H2/t20-,21-/m1/s1. The summed E-state index contributed by atoms with van der Waals surface area (Å²) in [4.78, 5) is 16.7. The summed E-state index contributed by atoms with van der Waals surface area (Å²) in [6.45, 7) is 3.23. The molecule has 0 bridgehead atoms. The molecule has 0 aliphatic carbocycles. The van der Waals surface area contributed by atoms with Crippen molar-refractivity contribution >= 4 is 5.91 Å². The van der Waals surface area contributed by atoms with Gasteiger partial charge in [-0.05, 0) is 24.0 Å². The molecule has 4 heteroatoms. The van der Waals surface area contributed by atoms with Gasteiger partial charge < -0.3 is 9.64 Å². The molecule has 0 unspecified atom stereocenters. The van der Waals surface area contributed by atoms with E-state index in [0.717, 1.165) is 32.5 Å². The molecule has 26 heavy (non-hydrogen) atoms. The Hall–Kier alpha value is -2.17. The molecule has 4 nitrogen and oxygen atoms in total. The van der Waals surface area contributed by atoms with Gasteiger partial charge in [0.15, 0.2) is 0 Å².